The highest BCUT2D eigenvalue weighted by molar-refractivity contribution is 7.09. The molecule has 1 atom stereocenters. The van der Waals surface area contributed by atoms with Crippen LogP contribution in [0.15, 0.2) is 41.8 Å². The zero-order valence-electron chi connectivity index (χ0n) is 9.40. The number of hydrogen-bond donors (Lipinski definition) is 0. The standard InChI is InChI=1S/C14H14Cl2S/c15-10-11(7-8-12-4-3-9-17-12)13-5-1-2-6-14(13)16/h1-6,9,11H,7-8,10H2. The molecule has 0 saturated carbocycles. The minimum Gasteiger partial charge on any atom is -0.149 e. The van der Waals surface area contributed by atoms with Crippen LogP contribution in [0.2, 0.25) is 5.02 Å². The van der Waals surface area contributed by atoms with E-state index in [0.717, 1.165) is 17.9 Å². The lowest BCUT2D eigenvalue weighted by atomic mass is 9.95. The van der Waals surface area contributed by atoms with E-state index in [0.29, 0.717) is 11.8 Å². The second-order valence-corrected chi connectivity index (χ2v) is 5.74. The zero-order valence-corrected chi connectivity index (χ0v) is 11.7. The smallest absolute Gasteiger partial charge is 0.0441 e. The first-order valence-corrected chi connectivity index (χ1v) is 7.43. The van der Waals surface area contributed by atoms with Crippen LogP contribution in [0.4, 0.5) is 0 Å². The van der Waals surface area contributed by atoms with Crippen molar-refractivity contribution in [2.24, 2.45) is 0 Å². The van der Waals surface area contributed by atoms with E-state index in [4.69, 9.17) is 23.2 Å². The topological polar surface area (TPSA) is 0 Å². The number of aryl methyl sites for hydroxylation is 1. The SMILES string of the molecule is ClCC(CCc1cccs1)c1ccccc1Cl. The first-order chi connectivity index (χ1) is 8.31. The molecule has 0 saturated heterocycles. The second kappa shape index (κ2) is 6.44. The Balaban J connectivity index is 2.04. The number of halogens is 2. The van der Waals surface area contributed by atoms with E-state index in [1.807, 2.05) is 18.2 Å². The molecule has 1 aromatic heterocycles. The molecule has 0 aliphatic carbocycles. The summed E-state index contributed by atoms with van der Waals surface area (Å²) in [6, 6.07) is 12.2. The molecule has 2 aromatic rings. The van der Waals surface area contributed by atoms with Gasteiger partial charge in [-0.25, -0.2) is 0 Å². The number of thiophene rings is 1. The molecule has 0 fully saturated rings. The molecule has 1 aromatic carbocycles. The summed E-state index contributed by atoms with van der Waals surface area (Å²) in [6.45, 7) is 0. The molecule has 0 spiro atoms. The largest absolute Gasteiger partial charge is 0.149 e. The quantitative estimate of drug-likeness (QED) is 0.649. The Morgan fingerprint density at radius 1 is 1.12 bits per heavy atom. The van der Waals surface area contributed by atoms with Crippen molar-refractivity contribution in [3.8, 4) is 0 Å². The van der Waals surface area contributed by atoms with Crippen molar-refractivity contribution < 1.29 is 0 Å². The summed E-state index contributed by atoms with van der Waals surface area (Å²) in [6.07, 6.45) is 2.12. The maximum absolute atomic E-state index is 6.20. The third kappa shape index (κ3) is 3.48. The third-order valence-electron chi connectivity index (χ3n) is 2.85. The first kappa shape index (κ1) is 12.9. The van der Waals surface area contributed by atoms with E-state index >= 15 is 0 Å². The van der Waals surface area contributed by atoms with Crippen LogP contribution in [0.1, 0.15) is 22.8 Å². The third-order valence-corrected chi connectivity index (χ3v) is 4.50. The van der Waals surface area contributed by atoms with Gasteiger partial charge < -0.3 is 0 Å². The number of benzene rings is 1. The van der Waals surface area contributed by atoms with Crippen molar-refractivity contribution in [3.05, 3.63) is 57.2 Å². The lowest BCUT2D eigenvalue weighted by Crippen LogP contribution is -2.02. The Morgan fingerprint density at radius 3 is 2.59 bits per heavy atom. The Morgan fingerprint density at radius 2 is 1.94 bits per heavy atom. The van der Waals surface area contributed by atoms with Crippen LogP contribution < -0.4 is 0 Å². The van der Waals surface area contributed by atoms with Gasteiger partial charge in [-0.05, 0) is 41.8 Å². The molecule has 0 bridgehead atoms. The van der Waals surface area contributed by atoms with Crippen molar-refractivity contribution in [2.45, 2.75) is 18.8 Å². The van der Waals surface area contributed by atoms with E-state index in [1.54, 1.807) is 11.3 Å². The van der Waals surface area contributed by atoms with E-state index in [9.17, 15) is 0 Å². The maximum Gasteiger partial charge on any atom is 0.0441 e. The zero-order chi connectivity index (χ0) is 12.1. The predicted octanol–water partition coefficient (Wildman–Crippen LogP) is 5.36. The molecule has 90 valence electrons. The summed E-state index contributed by atoms with van der Waals surface area (Å²) in [5.74, 6) is 0.960. The van der Waals surface area contributed by atoms with Crippen molar-refractivity contribution in [3.63, 3.8) is 0 Å². The van der Waals surface area contributed by atoms with Gasteiger partial charge in [-0.2, -0.15) is 0 Å². The summed E-state index contributed by atoms with van der Waals surface area (Å²) in [5.41, 5.74) is 1.17. The molecular weight excluding hydrogens is 271 g/mol. The fourth-order valence-electron chi connectivity index (χ4n) is 1.89. The molecular formula is C14H14Cl2S. The average Bonchev–Trinajstić information content (AvgIpc) is 2.85. The van der Waals surface area contributed by atoms with Crippen LogP contribution in [0.25, 0.3) is 0 Å². The van der Waals surface area contributed by atoms with Crippen LogP contribution in [0.5, 0.6) is 0 Å². The van der Waals surface area contributed by atoms with E-state index in [2.05, 4.69) is 23.6 Å². The van der Waals surface area contributed by atoms with Crippen LogP contribution in [0.3, 0.4) is 0 Å². The normalized spacial score (nSPS) is 12.6. The van der Waals surface area contributed by atoms with Crippen LogP contribution >= 0.6 is 34.5 Å². The van der Waals surface area contributed by atoms with E-state index in [1.165, 1.54) is 10.4 Å². The minimum absolute atomic E-state index is 0.340. The van der Waals surface area contributed by atoms with Gasteiger partial charge in [0.2, 0.25) is 0 Å². The summed E-state index contributed by atoms with van der Waals surface area (Å²) in [4.78, 5) is 1.41. The lowest BCUT2D eigenvalue weighted by Gasteiger charge is -2.15. The molecule has 3 heteroatoms. The Bertz CT molecular complexity index is 451. The van der Waals surface area contributed by atoms with Gasteiger partial charge in [0.25, 0.3) is 0 Å². The van der Waals surface area contributed by atoms with Crippen LogP contribution in [-0.4, -0.2) is 5.88 Å². The Labute approximate surface area is 116 Å². The van der Waals surface area contributed by atoms with Crippen molar-refractivity contribution in [1.82, 2.24) is 0 Å². The monoisotopic (exact) mass is 284 g/mol. The highest BCUT2D eigenvalue weighted by Gasteiger charge is 2.13. The fourth-order valence-corrected chi connectivity index (χ4v) is 3.23. The van der Waals surface area contributed by atoms with Crippen molar-refractivity contribution in [2.75, 3.05) is 5.88 Å². The number of hydrogen-bond acceptors (Lipinski definition) is 1. The summed E-state index contributed by atoms with van der Waals surface area (Å²) >= 11 is 14.1. The Kier molecular flexibility index (Phi) is 4.90. The second-order valence-electron chi connectivity index (χ2n) is 3.99. The molecule has 0 N–H and O–H groups in total. The van der Waals surface area contributed by atoms with E-state index in [-0.39, 0.29) is 0 Å². The molecule has 0 aliphatic heterocycles. The molecule has 1 unspecified atom stereocenters. The van der Waals surface area contributed by atoms with Gasteiger partial charge >= 0.3 is 0 Å². The number of rotatable bonds is 5. The van der Waals surface area contributed by atoms with Gasteiger partial charge in [0.15, 0.2) is 0 Å². The molecule has 0 nitrogen and oxygen atoms in total. The summed E-state index contributed by atoms with van der Waals surface area (Å²) < 4.78 is 0. The molecule has 2 rings (SSSR count). The highest BCUT2D eigenvalue weighted by atomic mass is 35.5. The van der Waals surface area contributed by atoms with Gasteiger partial charge in [-0.1, -0.05) is 35.9 Å². The van der Waals surface area contributed by atoms with Gasteiger partial charge in [-0.15, -0.1) is 22.9 Å². The summed E-state index contributed by atoms with van der Waals surface area (Å²) in [7, 11) is 0. The lowest BCUT2D eigenvalue weighted by molar-refractivity contribution is 0.690. The maximum atomic E-state index is 6.20. The van der Waals surface area contributed by atoms with Gasteiger partial charge in [0.1, 0.15) is 0 Å². The van der Waals surface area contributed by atoms with Gasteiger partial charge in [-0.3, -0.25) is 0 Å². The molecule has 17 heavy (non-hydrogen) atoms. The van der Waals surface area contributed by atoms with Crippen LogP contribution in [0, 0.1) is 0 Å². The predicted molar refractivity (Wildman–Crippen MR) is 77.6 cm³/mol. The average molecular weight is 285 g/mol. The van der Waals surface area contributed by atoms with Crippen molar-refractivity contribution >= 4 is 34.5 Å². The van der Waals surface area contributed by atoms with Gasteiger partial charge in [0, 0.05) is 15.8 Å². The fraction of sp³-hybridized carbons (Fsp3) is 0.286. The molecule has 0 amide bonds. The van der Waals surface area contributed by atoms with Crippen molar-refractivity contribution in [1.29, 1.82) is 0 Å². The van der Waals surface area contributed by atoms with Gasteiger partial charge in [0.05, 0.1) is 0 Å². The minimum atomic E-state index is 0.340. The first-order valence-electron chi connectivity index (χ1n) is 5.64. The highest BCUT2D eigenvalue weighted by Crippen LogP contribution is 2.29. The van der Waals surface area contributed by atoms with Crippen LogP contribution in [-0.2, 0) is 6.42 Å². The van der Waals surface area contributed by atoms with E-state index < -0.39 is 0 Å². The Hall–Kier alpha value is -0.500. The number of alkyl halides is 1. The molecule has 1 heterocycles. The summed E-state index contributed by atoms with van der Waals surface area (Å²) in [5, 5.41) is 2.94. The molecule has 0 aliphatic rings. The molecule has 0 radical (unpaired) electrons.